The van der Waals surface area contributed by atoms with Crippen LogP contribution in [0.1, 0.15) is 94.1 Å². The number of nitrogens with zero attached hydrogens (tertiary/aromatic N) is 2. The summed E-state index contributed by atoms with van der Waals surface area (Å²) in [6.45, 7) is 1.15. The van der Waals surface area contributed by atoms with Crippen LogP contribution in [0.4, 0.5) is 10.5 Å². The molecule has 61 heavy (non-hydrogen) atoms. The molecular weight excluding hydrogens is 761 g/mol. The Balaban J connectivity index is 0.981. The van der Waals surface area contributed by atoms with Gasteiger partial charge in [-0.15, -0.1) is 0 Å². The first-order valence-corrected chi connectivity index (χ1v) is 21.5. The molecule has 2 amide bonds. The first-order chi connectivity index (χ1) is 30.0. The number of esters is 1. The van der Waals surface area contributed by atoms with Crippen molar-refractivity contribution in [3.05, 3.63) is 191 Å². The predicted molar refractivity (Wildman–Crippen MR) is 236 cm³/mol. The number of carbonyl (C=O) groups is 3. The number of hydrogen-bond donors (Lipinski definition) is 0. The molecule has 0 bridgehead atoms. The lowest BCUT2D eigenvalue weighted by Crippen LogP contribution is -2.59. The minimum absolute atomic E-state index is 0.0907. The van der Waals surface area contributed by atoms with Gasteiger partial charge in [0.15, 0.2) is 0 Å². The largest absolute Gasteiger partial charge is 0.488 e. The molecule has 9 rings (SSSR count). The number of rotatable bonds is 13. The number of benzene rings is 6. The maximum absolute atomic E-state index is 14.9. The van der Waals surface area contributed by atoms with Crippen molar-refractivity contribution >= 4 is 23.7 Å². The van der Waals surface area contributed by atoms with E-state index in [0.29, 0.717) is 30.3 Å². The van der Waals surface area contributed by atoms with Crippen molar-refractivity contribution in [1.82, 2.24) is 4.90 Å². The first kappa shape index (κ1) is 39.8. The standard InChI is InChI=1S/C53H50N2O6/c56-51(49-30-31-54(49)53(58)61-36-48-45-22-12-10-20-43(45)44-21-11-13-23-46(44)48)55(33-37-24-26-41(27-25-37)40-18-8-3-9-19-40)42-28-29-47(52(57)60-35-39-16-6-2-7-17-39)50(32-42)59-34-38-14-4-1-5-15-38/h1-2,4-7,10-17,20-29,32,40,48-49H,3,8-9,18-19,30-31,33-36H2/t49-/m1/s1. The maximum Gasteiger partial charge on any atom is 0.410 e. The second-order valence-electron chi connectivity index (χ2n) is 16.3. The molecule has 1 saturated carbocycles. The fraction of sp³-hybridized carbons (Fsp3) is 0.264. The van der Waals surface area contributed by atoms with Crippen molar-refractivity contribution in [2.45, 2.75) is 76.2 Å². The van der Waals surface area contributed by atoms with E-state index in [1.165, 1.54) is 42.6 Å². The zero-order valence-corrected chi connectivity index (χ0v) is 34.3. The number of anilines is 1. The minimum Gasteiger partial charge on any atom is -0.488 e. The van der Waals surface area contributed by atoms with Crippen LogP contribution in [0.25, 0.3) is 11.1 Å². The Morgan fingerprint density at radius 3 is 1.87 bits per heavy atom. The third-order valence-corrected chi connectivity index (χ3v) is 12.5. The molecule has 6 aromatic carbocycles. The summed E-state index contributed by atoms with van der Waals surface area (Å²) in [6.07, 6.45) is 6.18. The highest BCUT2D eigenvalue weighted by atomic mass is 16.6. The molecule has 1 atom stereocenters. The van der Waals surface area contributed by atoms with Gasteiger partial charge in [0.2, 0.25) is 5.91 Å². The predicted octanol–water partition coefficient (Wildman–Crippen LogP) is 11.2. The Hall–Kier alpha value is -6.67. The molecule has 0 unspecified atom stereocenters. The summed E-state index contributed by atoms with van der Waals surface area (Å²) in [5.41, 5.74) is 9.45. The number of amides is 2. The van der Waals surface area contributed by atoms with Gasteiger partial charge in [-0.1, -0.05) is 153 Å². The van der Waals surface area contributed by atoms with E-state index in [1.807, 2.05) is 84.9 Å². The highest BCUT2D eigenvalue weighted by Crippen LogP contribution is 2.45. The molecule has 308 valence electrons. The number of ether oxygens (including phenoxy) is 3. The fourth-order valence-corrected chi connectivity index (χ4v) is 9.03. The van der Waals surface area contributed by atoms with Crippen LogP contribution >= 0.6 is 0 Å². The lowest BCUT2D eigenvalue weighted by molar-refractivity contribution is -0.127. The van der Waals surface area contributed by atoms with Crippen LogP contribution < -0.4 is 9.64 Å². The maximum atomic E-state index is 14.9. The molecule has 0 aromatic heterocycles. The van der Waals surface area contributed by atoms with Gasteiger partial charge in [0, 0.05) is 24.2 Å². The van der Waals surface area contributed by atoms with Crippen molar-refractivity contribution in [3.63, 3.8) is 0 Å². The average Bonchev–Trinajstić information content (AvgIpc) is 3.62. The monoisotopic (exact) mass is 810 g/mol. The second-order valence-corrected chi connectivity index (χ2v) is 16.3. The summed E-state index contributed by atoms with van der Waals surface area (Å²) in [5, 5.41) is 0. The van der Waals surface area contributed by atoms with Crippen LogP contribution in [-0.2, 0) is 34.0 Å². The van der Waals surface area contributed by atoms with Crippen molar-refractivity contribution in [2.24, 2.45) is 0 Å². The summed E-state index contributed by atoms with van der Waals surface area (Å²) in [4.78, 5) is 45.6. The van der Waals surface area contributed by atoms with E-state index in [2.05, 4.69) is 48.5 Å². The van der Waals surface area contributed by atoms with E-state index in [0.717, 1.165) is 38.9 Å². The molecule has 8 heteroatoms. The van der Waals surface area contributed by atoms with Gasteiger partial charge in [-0.25, -0.2) is 9.59 Å². The molecule has 3 aliphatic rings. The summed E-state index contributed by atoms with van der Waals surface area (Å²) in [5.74, 6) is -0.00157. The van der Waals surface area contributed by atoms with Gasteiger partial charge in [0.25, 0.3) is 0 Å². The van der Waals surface area contributed by atoms with Gasteiger partial charge < -0.3 is 19.1 Å². The Labute approximate surface area is 357 Å². The van der Waals surface area contributed by atoms with Crippen molar-refractivity contribution in [3.8, 4) is 16.9 Å². The van der Waals surface area contributed by atoms with Gasteiger partial charge in [-0.3, -0.25) is 9.69 Å². The topological polar surface area (TPSA) is 85.4 Å². The number of likely N-dealkylation sites (tertiary alicyclic amines) is 1. The van der Waals surface area contributed by atoms with Crippen molar-refractivity contribution in [2.75, 3.05) is 18.1 Å². The van der Waals surface area contributed by atoms with Crippen molar-refractivity contribution in [1.29, 1.82) is 0 Å². The Morgan fingerprint density at radius 1 is 0.607 bits per heavy atom. The minimum atomic E-state index is -0.721. The molecule has 1 heterocycles. The third kappa shape index (κ3) is 8.80. The zero-order valence-electron chi connectivity index (χ0n) is 34.3. The van der Waals surface area contributed by atoms with E-state index >= 15 is 0 Å². The molecule has 0 radical (unpaired) electrons. The lowest BCUT2D eigenvalue weighted by atomic mass is 9.84. The first-order valence-electron chi connectivity index (χ1n) is 21.5. The summed E-state index contributed by atoms with van der Waals surface area (Å²) in [7, 11) is 0. The molecule has 0 spiro atoms. The molecule has 8 nitrogen and oxygen atoms in total. The van der Waals surface area contributed by atoms with Gasteiger partial charge in [-0.05, 0) is 81.8 Å². The Morgan fingerprint density at radius 2 is 1.23 bits per heavy atom. The van der Waals surface area contributed by atoms with Gasteiger partial charge in [0.05, 0.1) is 6.54 Å². The summed E-state index contributed by atoms with van der Waals surface area (Å²) < 4.78 is 18.2. The van der Waals surface area contributed by atoms with Crippen LogP contribution in [0.5, 0.6) is 5.75 Å². The van der Waals surface area contributed by atoms with Crippen LogP contribution in [0.3, 0.4) is 0 Å². The number of fused-ring (bicyclic) bond motifs is 3. The van der Waals surface area contributed by atoms with Crippen molar-refractivity contribution < 1.29 is 28.6 Å². The number of carbonyl (C=O) groups excluding carboxylic acids is 3. The smallest absolute Gasteiger partial charge is 0.410 e. The number of hydrogen-bond acceptors (Lipinski definition) is 6. The van der Waals surface area contributed by atoms with Crippen LogP contribution in [0.2, 0.25) is 0 Å². The highest BCUT2D eigenvalue weighted by Gasteiger charge is 2.42. The van der Waals surface area contributed by atoms with E-state index in [-0.39, 0.29) is 43.8 Å². The average molecular weight is 811 g/mol. The third-order valence-electron chi connectivity index (χ3n) is 12.5. The molecule has 1 aliphatic heterocycles. The molecular formula is C53H50N2O6. The quantitative estimate of drug-likeness (QED) is 0.108. The van der Waals surface area contributed by atoms with Crippen LogP contribution in [0, 0.1) is 0 Å². The molecule has 6 aromatic rings. The highest BCUT2D eigenvalue weighted by molar-refractivity contribution is 6.01. The van der Waals surface area contributed by atoms with Gasteiger partial charge in [-0.2, -0.15) is 0 Å². The van der Waals surface area contributed by atoms with Crippen LogP contribution in [0.15, 0.2) is 152 Å². The Kier molecular flexibility index (Phi) is 11.9. The normalized spacial score (nSPS) is 15.9. The molecule has 2 aliphatic carbocycles. The van der Waals surface area contributed by atoms with Gasteiger partial charge in [0.1, 0.15) is 37.2 Å². The van der Waals surface area contributed by atoms with E-state index in [4.69, 9.17) is 14.2 Å². The Bertz CT molecular complexity index is 2440. The second kappa shape index (κ2) is 18.3. The van der Waals surface area contributed by atoms with E-state index in [9.17, 15) is 14.4 Å². The zero-order chi connectivity index (χ0) is 41.5. The fourth-order valence-electron chi connectivity index (χ4n) is 9.03. The SMILES string of the molecule is O=C(OCc1ccccc1)c1ccc(N(Cc2ccc(C3CCCCC3)cc2)C(=O)[C@H]2CCN2C(=O)OCC2c3ccccc3-c3ccccc32)cc1OCc1ccccc1. The summed E-state index contributed by atoms with van der Waals surface area (Å²) in [6, 6.07) is 48.8. The van der Waals surface area contributed by atoms with E-state index in [1.54, 1.807) is 23.1 Å². The van der Waals surface area contributed by atoms with Gasteiger partial charge >= 0.3 is 12.1 Å². The summed E-state index contributed by atoms with van der Waals surface area (Å²) >= 11 is 0. The lowest BCUT2D eigenvalue weighted by Gasteiger charge is -2.41. The molecule has 1 saturated heterocycles. The molecule has 2 fully saturated rings. The van der Waals surface area contributed by atoms with E-state index < -0.39 is 18.1 Å². The molecule has 0 N–H and O–H groups in total. The van der Waals surface area contributed by atoms with Crippen LogP contribution in [-0.4, -0.2) is 42.1 Å².